The Balaban J connectivity index is 1.38. The zero-order valence-corrected chi connectivity index (χ0v) is 26.6. The van der Waals surface area contributed by atoms with Gasteiger partial charge in [0.05, 0.1) is 0 Å². The van der Waals surface area contributed by atoms with Crippen molar-refractivity contribution in [1.29, 1.82) is 0 Å². The van der Waals surface area contributed by atoms with Crippen LogP contribution in [-0.4, -0.2) is 39.0 Å². The first-order valence-electron chi connectivity index (χ1n) is 13.0. The molecule has 10 rings (SSSR count). The van der Waals surface area contributed by atoms with Crippen LogP contribution in [0.25, 0.3) is 0 Å². The zero-order valence-electron chi connectivity index (χ0n) is 21.5. The predicted molar refractivity (Wildman–Crippen MR) is 150 cm³/mol. The van der Waals surface area contributed by atoms with Crippen molar-refractivity contribution in [3.05, 3.63) is 121 Å². The van der Waals surface area contributed by atoms with Gasteiger partial charge in [-0.25, -0.2) is 0 Å². The molecule has 0 radical (unpaired) electrons. The molecule has 5 heterocycles. The van der Waals surface area contributed by atoms with Gasteiger partial charge in [-0.3, -0.25) is 0 Å². The zero-order chi connectivity index (χ0) is 27.9. The molecule has 0 aliphatic carbocycles. The van der Waals surface area contributed by atoms with Gasteiger partial charge in [-0.15, -0.1) is 0 Å². The molecule has 0 N–H and O–H groups in total. The van der Waals surface area contributed by atoms with E-state index in [-0.39, 0.29) is 34.5 Å². The topological polar surface area (TPSA) is 92.3 Å². The SMILES string of the molecule is c1ccc2c(c1)[O][Sb]13([O]2)[O]c2ccccc2[O][Sb]2([O]c4ccccc4[O]2)([O]c2ccccc2[O]1)[O]c1ccccc1[O]3. The third-order valence-electron chi connectivity index (χ3n) is 6.72. The molecule has 2 spiro atoms. The van der Waals surface area contributed by atoms with Crippen LogP contribution in [0.3, 0.4) is 0 Å². The molecule has 0 aromatic heterocycles. The summed E-state index contributed by atoms with van der Waals surface area (Å²) in [5, 5.41) is 0. The molecule has 5 aromatic rings. The maximum atomic E-state index is 6.80. The van der Waals surface area contributed by atoms with Crippen LogP contribution in [-0.2, 0) is 0 Å². The maximum absolute atomic E-state index is 6.80. The van der Waals surface area contributed by atoms with E-state index in [0.717, 1.165) is 0 Å². The Hall–Kier alpha value is -4.26. The quantitative estimate of drug-likeness (QED) is 0.172. The first-order chi connectivity index (χ1) is 20.5. The predicted octanol–water partition coefficient (Wildman–Crippen LogP) is 6.10. The normalized spacial score (nSPS) is 21.4. The van der Waals surface area contributed by atoms with Crippen molar-refractivity contribution in [2.75, 3.05) is 0 Å². The van der Waals surface area contributed by atoms with Gasteiger partial charge in [-0.05, 0) is 0 Å². The Morgan fingerprint density at radius 1 is 0.214 bits per heavy atom. The summed E-state index contributed by atoms with van der Waals surface area (Å²) >= 11 is -12.7. The Morgan fingerprint density at radius 2 is 0.333 bits per heavy atom. The van der Waals surface area contributed by atoms with Crippen LogP contribution < -0.4 is 30.2 Å². The molecular weight excluding hydrogens is 764 g/mol. The van der Waals surface area contributed by atoms with Gasteiger partial charge < -0.3 is 0 Å². The van der Waals surface area contributed by atoms with Gasteiger partial charge in [0.25, 0.3) is 0 Å². The number of rotatable bonds is 0. The second-order valence-corrected chi connectivity index (χ2v) is 23.4. The van der Waals surface area contributed by atoms with Crippen molar-refractivity contribution in [2.24, 2.45) is 0 Å². The van der Waals surface area contributed by atoms with Crippen molar-refractivity contribution < 1.29 is 30.2 Å². The first kappa shape index (κ1) is 24.3. The van der Waals surface area contributed by atoms with Gasteiger partial charge in [-0.2, -0.15) is 0 Å². The summed E-state index contributed by atoms with van der Waals surface area (Å²) in [6.45, 7) is 0. The van der Waals surface area contributed by atoms with E-state index in [2.05, 4.69) is 0 Å². The van der Waals surface area contributed by atoms with Gasteiger partial charge in [0.2, 0.25) is 0 Å². The van der Waals surface area contributed by atoms with Crippen LogP contribution in [0.1, 0.15) is 0 Å². The van der Waals surface area contributed by atoms with Crippen LogP contribution >= 0.6 is 0 Å². The van der Waals surface area contributed by atoms with Gasteiger partial charge >= 0.3 is 248 Å². The van der Waals surface area contributed by atoms with Crippen LogP contribution in [0.4, 0.5) is 0 Å². The molecule has 0 saturated carbocycles. The monoisotopic (exact) mass is 782 g/mol. The van der Waals surface area contributed by atoms with Crippen LogP contribution in [0, 0.1) is 0 Å². The number of benzene rings is 5. The Labute approximate surface area is 246 Å². The van der Waals surface area contributed by atoms with Crippen molar-refractivity contribution in [3.8, 4) is 57.5 Å². The molecule has 10 nitrogen and oxygen atoms in total. The van der Waals surface area contributed by atoms with Crippen LogP contribution in [0.15, 0.2) is 121 Å². The second-order valence-electron chi connectivity index (χ2n) is 9.64. The van der Waals surface area contributed by atoms with E-state index in [4.69, 9.17) is 30.2 Å². The number of para-hydroxylation sites is 10. The van der Waals surface area contributed by atoms with E-state index in [9.17, 15) is 0 Å². The van der Waals surface area contributed by atoms with Gasteiger partial charge in [0, 0.05) is 0 Å². The summed E-state index contributed by atoms with van der Waals surface area (Å²) in [5.74, 6) is 2.72. The third kappa shape index (κ3) is 3.52. The summed E-state index contributed by atoms with van der Waals surface area (Å²) in [6.07, 6.45) is 0. The molecule has 0 unspecified atom stereocenters. The van der Waals surface area contributed by atoms with Crippen molar-refractivity contribution in [3.63, 3.8) is 0 Å². The average Bonchev–Trinajstić information content (AvgIpc) is 3.49. The van der Waals surface area contributed by atoms with Crippen LogP contribution in [0.2, 0.25) is 0 Å². The number of fused-ring (bicyclic) bond motifs is 2. The second kappa shape index (κ2) is 8.18. The Kier molecular flexibility index (Phi) is 4.74. The van der Waals surface area contributed by atoms with E-state index < -0.39 is 39.0 Å². The van der Waals surface area contributed by atoms with E-state index in [1.165, 1.54) is 0 Å². The standard InChI is InChI=1S/5C6H6O2.2Sb/c5*7-5-3-1-2-4-6(5)8;;/h5*1-4,7-8H;;/q;;;;;2*+5/p-10. The van der Waals surface area contributed by atoms with Crippen molar-refractivity contribution in [2.45, 2.75) is 0 Å². The molecule has 42 heavy (non-hydrogen) atoms. The molecule has 12 heteroatoms. The fourth-order valence-corrected chi connectivity index (χ4v) is 20.6. The van der Waals surface area contributed by atoms with E-state index in [0.29, 0.717) is 23.0 Å². The molecule has 0 fully saturated rings. The Bertz CT molecular complexity index is 1600. The van der Waals surface area contributed by atoms with Crippen molar-refractivity contribution in [1.82, 2.24) is 0 Å². The van der Waals surface area contributed by atoms with E-state index in [1.54, 1.807) is 97.1 Å². The summed E-state index contributed by atoms with van der Waals surface area (Å²) in [4.78, 5) is 0. The summed E-state index contributed by atoms with van der Waals surface area (Å²) in [7, 11) is 0. The summed E-state index contributed by atoms with van der Waals surface area (Å²) in [6, 6.07) is 35.1. The summed E-state index contributed by atoms with van der Waals surface area (Å²) < 4.78 is 67.3. The fourth-order valence-electron chi connectivity index (χ4n) is 4.98. The molecule has 0 atom stereocenters. The van der Waals surface area contributed by atoms with Gasteiger partial charge in [-0.1, -0.05) is 0 Å². The molecule has 210 valence electrons. The van der Waals surface area contributed by atoms with E-state index >= 15 is 0 Å². The van der Waals surface area contributed by atoms with Gasteiger partial charge in [0.15, 0.2) is 0 Å². The van der Waals surface area contributed by atoms with Crippen molar-refractivity contribution >= 4 is 39.0 Å². The minimum absolute atomic E-state index is 0.189. The molecule has 5 aliphatic heterocycles. The van der Waals surface area contributed by atoms with Crippen LogP contribution in [0.5, 0.6) is 57.5 Å². The Morgan fingerprint density at radius 3 is 0.452 bits per heavy atom. The first-order valence-corrected chi connectivity index (χ1v) is 23.4. The third-order valence-corrected chi connectivity index (χ3v) is 20.8. The molecular formula is C30H20O10Sb2. The molecule has 2 bridgehead atoms. The number of hydrogen-bond acceptors (Lipinski definition) is 10. The fraction of sp³-hybridized carbons (Fsp3) is 0. The molecule has 5 aliphatic rings. The molecule has 0 amide bonds. The molecule has 0 saturated heterocycles. The van der Waals surface area contributed by atoms with E-state index in [1.807, 2.05) is 24.3 Å². The minimum atomic E-state index is -6.33. The molecule has 5 aromatic carbocycles. The summed E-state index contributed by atoms with van der Waals surface area (Å²) in [5.41, 5.74) is 0. The number of hydrogen-bond donors (Lipinski definition) is 0. The van der Waals surface area contributed by atoms with Gasteiger partial charge in [0.1, 0.15) is 0 Å². The average molecular weight is 784 g/mol.